The lowest BCUT2D eigenvalue weighted by molar-refractivity contribution is -0.383. The van der Waals surface area contributed by atoms with Crippen LogP contribution in [0.4, 0.5) is 21.5 Å². The average molecular weight is 402 g/mol. The molecule has 0 unspecified atom stereocenters. The summed E-state index contributed by atoms with van der Waals surface area (Å²) in [6.07, 6.45) is 0. The molecule has 10 heteroatoms. The molecule has 9 nitrogen and oxygen atoms in total. The van der Waals surface area contributed by atoms with Crippen molar-refractivity contribution in [1.82, 2.24) is 4.90 Å². The first-order valence-corrected chi connectivity index (χ1v) is 8.81. The van der Waals surface area contributed by atoms with Gasteiger partial charge in [0, 0.05) is 38.8 Å². The highest BCUT2D eigenvalue weighted by Gasteiger charge is 2.29. The van der Waals surface area contributed by atoms with Gasteiger partial charge in [-0.3, -0.25) is 14.9 Å². The normalized spacial score (nSPS) is 14.0. The standard InChI is InChI=1S/C19H19FN4O5/c1-11(25)22-5-7-23(8-6-22)13-4-2-3-12(9-13)14-10-15(20)16(19(26)27)17(21)18(14)24(28)29/h2-4,9-10H,5-8,21H2,1H3,(H,26,27). The van der Waals surface area contributed by atoms with E-state index in [9.17, 15) is 24.1 Å². The molecule has 29 heavy (non-hydrogen) atoms. The number of hydrogen-bond acceptors (Lipinski definition) is 6. The molecule has 0 aromatic heterocycles. The van der Waals surface area contributed by atoms with Gasteiger partial charge in [0.05, 0.1) is 10.5 Å². The number of nitrogen functional groups attached to an aromatic ring is 1. The number of rotatable bonds is 4. The van der Waals surface area contributed by atoms with Crippen LogP contribution in [-0.4, -0.2) is 53.0 Å². The fourth-order valence-electron chi connectivity index (χ4n) is 3.44. The molecule has 1 amide bonds. The van der Waals surface area contributed by atoms with Gasteiger partial charge in [-0.05, 0) is 23.8 Å². The summed E-state index contributed by atoms with van der Waals surface area (Å²) in [5.41, 5.74) is 4.34. The number of nitrogens with two attached hydrogens (primary N) is 1. The van der Waals surface area contributed by atoms with Crippen LogP contribution in [-0.2, 0) is 4.79 Å². The van der Waals surface area contributed by atoms with Crippen molar-refractivity contribution in [2.75, 3.05) is 36.8 Å². The number of nitrogens with zero attached hydrogens (tertiary/aromatic N) is 3. The highest BCUT2D eigenvalue weighted by Crippen LogP contribution is 2.39. The predicted octanol–water partition coefficient (Wildman–Crippen LogP) is 2.35. The summed E-state index contributed by atoms with van der Waals surface area (Å²) in [7, 11) is 0. The second-order valence-corrected chi connectivity index (χ2v) is 6.65. The summed E-state index contributed by atoms with van der Waals surface area (Å²) >= 11 is 0. The SMILES string of the molecule is CC(=O)N1CCN(c2cccc(-c3cc(F)c(C(=O)O)c(N)c3[N+](=O)[O-])c2)CC1. The van der Waals surface area contributed by atoms with Gasteiger partial charge in [-0.25, -0.2) is 9.18 Å². The first-order chi connectivity index (χ1) is 13.7. The molecular formula is C19H19FN4O5. The Morgan fingerprint density at radius 1 is 1.21 bits per heavy atom. The van der Waals surface area contributed by atoms with Gasteiger partial charge in [0.2, 0.25) is 5.91 Å². The van der Waals surface area contributed by atoms with Gasteiger partial charge in [0.1, 0.15) is 17.1 Å². The Bertz CT molecular complexity index is 1000. The van der Waals surface area contributed by atoms with Crippen LogP contribution in [0.3, 0.4) is 0 Å². The maximum absolute atomic E-state index is 14.3. The molecule has 1 saturated heterocycles. The van der Waals surface area contributed by atoms with E-state index in [-0.39, 0.29) is 11.5 Å². The fraction of sp³-hybridized carbons (Fsp3) is 0.263. The number of carboxylic acids is 1. The van der Waals surface area contributed by atoms with Gasteiger partial charge in [-0.15, -0.1) is 0 Å². The first kappa shape index (κ1) is 20.1. The van der Waals surface area contributed by atoms with E-state index in [0.717, 1.165) is 11.8 Å². The zero-order valence-corrected chi connectivity index (χ0v) is 15.6. The lowest BCUT2D eigenvalue weighted by Crippen LogP contribution is -2.48. The van der Waals surface area contributed by atoms with Gasteiger partial charge in [0.25, 0.3) is 0 Å². The van der Waals surface area contributed by atoms with Crippen molar-refractivity contribution < 1.29 is 24.0 Å². The van der Waals surface area contributed by atoms with Crippen molar-refractivity contribution in [1.29, 1.82) is 0 Å². The lowest BCUT2D eigenvalue weighted by Gasteiger charge is -2.35. The minimum Gasteiger partial charge on any atom is -0.478 e. The maximum Gasteiger partial charge on any atom is 0.341 e. The van der Waals surface area contributed by atoms with Gasteiger partial charge in [0.15, 0.2) is 0 Å². The third kappa shape index (κ3) is 3.82. The number of carbonyl (C=O) groups is 2. The van der Waals surface area contributed by atoms with E-state index < -0.39 is 33.6 Å². The number of carboxylic acid groups (broad SMARTS) is 1. The summed E-state index contributed by atoms with van der Waals surface area (Å²) in [4.78, 5) is 37.2. The van der Waals surface area contributed by atoms with Gasteiger partial charge in [-0.1, -0.05) is 12.1 Å². The topological polar surface area (TPSA) is 130 Å². The van der Waals surface area contributed by atoms with Crippen molar-refractivity contribution in [2.24, 2.45) is 0 Å². The highest BCUT2D eigenvalue weighted by molar-refractivity contribution is 5.99. The largest absolute Gasteiger partial charge is 0.478 e. The molecular weight excluding hydrogens is 383 g/mol. The molecule has 1 aliphatic heterocycles. The predicted molar refractivity (Wildman–Crippen MR) is 104 cm³/mol. The van der Waals surface area contributed by atoms with Crippen molar-refractivity contribution in [3.05, 3.63) is 51.8 Å². The number of benzene rings is 2. The van der Waals surface area contributed by atoms with Crippen LogP contribution in [0.15, 0.2) is 30.3 Å². The van der Waals surface area contributed by atoms with Crippen LogP contribution in [0.5, 0.6) is 0 Å². The smallest absolute Gasteiger partial charge is 0.341 e. The van der Waals surface area contributed by atoms with E-state index in [1.807, 2.05) is 11.0 Å². The number of hydrogen-bond donors (Lipinski definition) is 2. The molecule has 1 heterocycles. The molecule has 0 aliphatic carbocycles. The maximum atomic E-state index is 14.3. The van der Waals surface area contributed by atoms with Crippen LogP contribution < -0.4 is 10.6 Å². The van der Waals surface area contributed by atoms with E-state index >= 15 is 0 Å². The minimum atomic E-state index is -1.67. The quantitative estimate of drug-likeness (QED) is 0.456. The molecule has 3 rings (SSSR count). The van der Waals surface area contributed by atoms with E-state index in [2.05, 4.69) is 0 Å². The zero-order valence-electron chi connectivity index (χ0n) is 15.6. The van der Waals surface area contributed by atoms with E-state index in [4.69, 9.17) is 10.8 Å². The monoisotopic (exact) mass is 402 g/mol. The van der Waals surface area contributed by atoms with Gasteiger partial charge in [-0.2, -0.15) is 0 Å². The Labute approximate surface area is 165 Å². The Hall–Kier alpha value is -3.69. The number of nitro groups is 1. The molecule has 0 spiro atoms. The molecule has 2 aromatic rings. The summed E-state index contributed by atoms with van der Waals surface area (Å²) in [6, 6.07) is 7.53. The number of nitro benzene ring substituents is 1. The van der Waals surface area contributed by atoms with Crippen LogP contribution >= 0.6 is 0 Å². The number of piperazine rings is 1. The lowest BCUT2D eigenvalue weighted by atomic mass is 9.98. The molecule has 0 radical (unpaired) electrons. The molecule has 3 N–H and O–H groups in total. The minimum absolute atomic E-state index is 0.00139. The van der Waals surface area contributed by atoms with Crippen LogP contribution in [0, 0.1) is 15.9 Å². The molecule has 152 valence electrons. The van der Waals surface area contributed by atoms with E-state index in [1.165, 1.54) is 6.92 Å². The van der Waals surface area contributed by atoms with Crippen LogP contribution in [0.2, 0.25) is 0 Å². The van der Waals surface area contributed by atoms with Crippen LogP contribution in [0.1, 0.15) is 17.3 Å². The molecule has 0 bridgehead atoms. The van der Waals surface area contributed by atoms with E-state index in [0.29, 0.717) is 31.7 Å². The van der Waals surface area contributed by atoms with Crippen molar-refractivity contribution in [2.45, 2.75) is 6.92 Å². The number of carbonyl (C=O) groups excluding carboxylic acids is 1. The fourth-order valence-corrected chi connectivity index (χ4v) is 3.44. The Morgan fingerprint density at radius 2 is 1.86 bits per heavy atom. The third-order valence-corrected chi connectivity index (χ3v) is 4.93. The highest BCUT2D eigenvalue weighted by atomic mass is 19.1. The number of halogens is 1. The molecule has 0 saturated carbocycles. The Kier molecular flexibility index (Phi) is 5.35. The number of aromatic carboxylic acids is 1. The van der Waals surface area contributed by atoms with Gasteiger partial charge >= 0.3 is 11.7 Å². The summed E-state index contributed by atoms with van der Waals surface area (Å²) in [5, 5.41) is 20.7. The second-order valence-electron chi connectivity index (χ2n) is 6.65. The summed E-state index contributed by atoms with van der Waals surface area (Å²) in [5.74, 6) is -2.82. The van der Waals surface area contributed by atoms with E-state index in [1.54, 1.807) is 23.1 Å². The molecule has 0 atom stereocenters. The molecule has 2 aromatic carbocycles. The van der Waals surface area contributed by atoms with Crippen molar-refractivity contribution in [3.63, 3.8) is 0 Å². The second kappa shape index (κ2) is 7.74. The van der Waals surface area contributed by atoms with Crippen molar-refractivity contribution >= 4 is 28.9 Å². The van der Waals surface area contributed by atoms with Crippen molar-refractivity contribution in [3.8, 4) is 11.1 Å². The molecule has 1 fully saturated rings. The van der Waals surface area contributed by atoms with Gasteiger partial charge < -0.3 is 20.6 Å². The molecule has 1 aliphatic rings. The zero-order chi connectivity index (χ0) is 21.3. The van der Waals surface area contributed by atoms with Crippen LogP contribution in [0.25, 0.3) is 11.1 Å². The summed E-state index contributed by atoms with van der Waals surface area (Å²) < 4.78 is 14.3. The average Bonchev–Trinajstić information content (AvgIpc) is 2.67. The Balaban J connectivity index is 2.02. The number of amides is 1. The number of anilines is 2. The summed E-state index contributed by atoms with van der Waals surface area (Å²) in [6.45, 7) is 3.78. The third-order valence-electron chi connectivity index (χ3n) is 4.93. The Morgan fingerprint density at radius 3 is 2.41 bits per heavy atom. The first-order valence-electron chi connectivity index (χ1n) is 8.81.